The number of methoxy groups -OCH3 is 1. The van der Waals surface area contributed by atoms with Crippen molar-refractivity contribution in [2.24, 2.45) is 23.7 Å². The maximum Gasteiger partial charge on any atom is 0.262 e. The van der Waals surface area contributed by atoms with Gasteiger partial charge in [-0.1, -0.05) is 36.7 Å². The van der Waals surface area contributed by atoms with E-state index in [4.69, 9.17) is 21.1 Å². The molecular weight excluding hydrogens is 736 g/mol. The van der Waals surface area contributed by atoms with E-state index in [0.29, 0.717) is 31.1 Å². The third kappa shape index (κ3) is 8.36. The van der Waals surface area contributed by atoms with Crippen LogP contribution in [0.2, 0.25) is 5.02 Å². The van der Waals surface area contributed by atoms with Gasteiger partial charge in [0.05, 0.1) is 22.0 Å². The Morgan fingerprint density at radius 3 is 2.56 bits per heavy atom. The van der Waals surface area contributed by atoms with Gasteiger partial charge < -0.3 is 29.5 Å². The third-order valence-corrected chi connectivity index (χ3v) is 16.2. The molecule has 7 atom stereocenters. The van der Waals surface area contributed by atoms with Gasteiger partial charge >= 0.3 is 0 Å². The topological polar surface area (TPSA) is 115 Å². The SMILES string of the molecule is C=S1(=O)NC(=O)c2ccc3c(c2)N(C[C@@H]2CC[C@H]2[C@@](CN2CCN(CC(CO)CO)CC2)(OC)/C=C/C[C@H](C)[C@H]1C)C[C@@]1(CCCc2cc(Cl)ccc21)CO3. The van der Waals surface area contributed by atoms with Gasteiger partial charge in [-0.25, -0.2) is 4.21 Å². The van der Waals surface area contributed by atoms with Gasteiger partial charge in [-0.05, 0) is 111 Å². The smallest absolute Gasteiger partial charge is 0.262 e. The number of aryl methyl sites for hydroxylation is 1. The second kappa shape index (κ2) is 16.7. The van der Waals surface area contributed by atoms with Crippen LogP contribution in [0.4, 0.5) is 5.69 Å². The molecule has 3 heterocycles. The van der Waals surface area contributed by atoms with Gasteiger partial charge in [0.1, 0.15) is 11.4 Å². The molecule has 302 valence electrons. The number of carbonyl (C=O) groups excluding carboxylic acids is 1. The molecule has 2 aliphatic carbocycles. The molecule has 0 radical (unpaired) electrons. The second-order valence-electron chi connectivity index (χ2n) is 17.2. The summed E-state index contributed by atoms with van der Waals surface area (Å²) in [5.41, 5.74) is 3.12. The molecule has 55 heavy (non-hydrogen) atoms. The van der Waals surface area contributed by atoms with Crippen molar-refractivity contribution in [3.63, 3.8) is 0 Å². The highest BCUT2D eigenvalue weighted by molar-refractivity contribution is 7.99. The van der Waals surface area contributed by atoms with Crippen molar-refractivity contribution < 1.29 is 28.7 Å². The van der Waals surface area contributed by atoms with Gasteiger partial charge in [-0.15, -0.1) is 0 Å². The van der Waals surface area contributed by atoms with Crippen molar-refractivity contribution in [2.45, 2.75) is 68.6 Å². The zero-order chi connectivity index (χ0) is 39.0. The van der Waals surface area contributed by atoms with Crippen molar-refractivity contribution in [1.29, 1.82) is 0 Å². The monoisotopic (exact) mass is 796 g/mol. The van der Waals surface area contributed by atoms with E-state index in [-0.39, 0.29) is 47.5 Å². The highest BCUT2D eigenvalue weighted by Gasteiger charge is 2.50. The molecule has 2 aromatic carbocycles. The number of benzene rings is 2. The van der Waals surface area contributed by atoms with Crippen molar-refractivity contribution in [1.82, 2.24) is 14.5 Å². The Labute approximate surface area is 333 Å². The Bertz CT molecular complexity index is 1830. The van der Waals surface area contributed by atoms with Crippen molar-refractivity contribution >= 4 is 38.8 Å². The predicted octanol–water partition coefficient (Wildman–Crippen LogP) is 4.79. The summed E-state index contributed by atoms with van der Waals surface area (Å²) in [6.07, 6.45) is 10.3. The van der Waals surface area contributed by atoms with Crippen LogP contribution in [0, 0.1) is 23.7 Å². The van der Waals surface area contributed by atoms with E-state index in [2.05, 4.69) is 56.5 Å². The van der Waals surface area contributed by atoms with Gasteiger partial charge in [0.15, 0.2) is 0 Å². The number of nitrogens with one attached hydrogen (secondary N) is 1. The number of hydrogen-bond donors (Lipinski definition) is 3. The fourth-order valence-corrected chi connectivity index (χ4v) is 11.6. The van der Waals surface area contributed by atoms with E-state index in [1.54, 1.807) is 6.07 Å². The standard InChI is InChI=1S/C43H61ClN4O6S/c1-30-7-5-16-43(53-3,28-47-19-17-46(18-20-47)23-32(25-49)26-50)38-12-9-35(38)24-48-27-42(15-6-8-33-21-36(44)11-13-37(33)42)29-54-40-14-10-34(22-39(40)48)41(51)45-55(4,52)31(30)2/h5,10-11,13-14,16,21-22,30-32,35,38,49-50H,4,6-9,12,15,17-20,23-29H2,1-3H3,(H,45,51,52)/b16-5+/t30-,31+,35-,38+,42-,43+,55?/m0/s1. The molecule has 0 aromatic heterocycles. The minimum atomic E-state index is -2.98. The number of fused-ring (bicyclic) bond motifs is 4. The molecule has 12 heteroatoms. The lowest BCUT2D eigenvalue weighted by molar-refractivity contribution is -0.0959. The maximum absolute atomic E-state index is 14.1. The van der Waals surface area contributed by atoms with E-state index < -0.39 is 15.3 Å². The average Bonchev–Trinajstić information content (AvgIpc) is 3.31. The number of allylic oxidation sites excluding steroid dienone is 1. The minimum absolute atomic E-state index is 0.00359. The van der Waals surface area contributed by atoms with Crippen molar-refractivity contribution in [3.05, 3.63) is 70.3 Å². The Morgan fingerprint density at radius 1 is 1.09 bits per heavy atom. The molecule has 1 saturated heterocycles. The summed E-state index contributed by atoms with van der Waals surface area (Å²) in [5, 5.41) is 19.7. The fraction of sp³-hybridized carbons (Fsp3) is 0.628. The average molecular weight is 798 g/mol. The van der Waals surface area contributed by atoms with Crippen LogP contribution in [-0.2, 0) is 26.3 Å². The molecule has 2 bridgehead atoms. The quantitative estimate of drug-likeness (QED) is 0.269. The number of amides is 1. The number of piperazine rings is 1. The highest BCUT2D eigenvalue weighted by atomic mass is 35.5. The molecule has 5 aliphatic rings. The number of aliphatic hydroxyl groups is 2. The molecule has 7 rings (SSSR count). The van der Waals surface area contributed by atoms with Gasteiger partial charge in [-0.3, -0.25) is 14.4 Å². The number of rotatable bonds is 7. The van der Waals surface area contributed by atoms with E-state index in [1.165, 1.54) is 11.1 Å². The van der Waals surface area contributed by atoms with Crippen LogP contribution >= 0.6 is 11.6 Å². The van der Waals surface area contributed by atoms with Crippen LogP contribution in [0.1, 0.15) is 67.4 Å². The van der Waals surface area contributed by atoms with Gasteiger partial charge in [0, 0.05) is 99.9 Å². The van der Waals surface area contributed by atoms with E-state index >= 15 is 0 Å². The third-order valence-electron chi connectivity index (χ3n) is 13.7. The lowest BCUT2D eigenvalue weighted by atomic mass is 9.63. The van der Waals surface area contributed by atoms with Gasteiger partial charge in [0.2, 0.25) is 0 Å². The lowest BCUT2D eigenvalue weighted by Crippen LogP contribution is -2.59. The van der Waals surface area contributed by atoms with Gasteiger partial charge in [0.25, 0.3) is 5.91 Å². The molecule has 1 amide bonds. The Hall–Kier alpha value is -2.64. The summed E-state index contributed by atoms with van der Waals surface area (Å²) in [7, 11) is -1.13. The lowest BCUT2D eigenvalue weighted by Gasteiger charge is -2.52. The van der Waals surface area contributed by atoms with Crippen LogP contribution in [0.25, 0.3) is 0 Å². The molecule has 1 spiro atoms. The first kappa shape index (κ1) is 40.6. The number of anilines is 1. The Balaban J connectivity index is 1.25. The van der Waals surface area contributed by atoms with Crippen LogP contribution < -0.4 is 14.4 Å². The van der Waals surface area contributed by atoms with Crippen molar-refractivity contribution in [3.8, 4) is 5.75 Å². The summed E-state index contributed by atoms with van der Waals surface area (Å²) in [4.78, 5) is 21.1. The molecule has 2 fully saturated rings. The molecule has 3 N–H and O–H groups in total. The molecule has 10 nitrogen and oxygen atoms in total. The van der Waals surface area contributed by atoms with Crippen molar-refractivity contribution in [2.75, 3.05) is 84.2 Å². The Kier molecular flexibility index (Phi) is 12.3. The van der Waals surface area contributed by atoms with E-state index in [9.17, 15) is 19.2 Å². The Morgan fingerprint density at radius 2 is 1.85 bits per heavy atom. The number of carbonyl (C=O) groups is 1. The zero-order valence-corrected chi connectivity index (χ0v) is 34.5. The van der Waals surface area contributed by atoms with Crippen LogP contribution in [-0.4, -0.2) is 126 Å². The number of ether oxygens (including phenoxy) is 2. The number of halogens is 1. The van der Waals surface area contributed by atoms with Crippen LogP contribution in [0.15, 0.2) is 48.6 Å². The number of hydrogen-bond acceptors (Lipinski definition) is 9. The maximum atomic E-state index is 14.1. The second-order valence-corrected chi connectivity index (χ2v) is 20.0. The van der Waals surface area contributed by atoms with Gasteiger partial charge in [-0.2, -0.15) is 0 Å². The van der Waals surface area contributed by atoms with Crippen LogP contribution in [0.3, 0.4) is 0 Å². The number of aliphatic hydroxyl groups excluding tert-OH is 2. The summed E-state index contributed by atoms with van der Waals surface area (Å²) in [6.45, 7) is 11.0. The summed E-state index contributed by atoms with van der Waals surface area (Å²) in [5.74, 6) is 4.89. The molecule has 1 unspecified atom stereocenters. The van der Waals surface area contributed by atoms with Crippen LogP contribution in [0.5, 0.6) is 5.75 Å². The molecule has 2 aromatic rings. The summed E-state index contributed by atoms with van der Waals surface area (Å²) in [6, 6.07) is 11.9. The van der Waals surface area contributed by atoms with E-state index in [1.807, 2.05) is 32.2 Å². The molecule has 3 aliphatic heterocycles. The van der Waals surface area contributed by atoms with E-state index in [0.717, 1.165) is 94.4 Å². The summed E-state index contributed by atoms with van der Waals surface area (Å²) < 4.78 is 30.4. The predicted molar refractivity (Wildman–Crippen MR) is 222 cm³/mol. The highest BCUT2D eigenvalue weighted by Crippen LogP contribution is 2.49. The molecular formula is C43H61ClN4O6S. The summed E-state index contributed by atoms with van der Waals surface area (Å²) >= 11 is 6.52. The molecule has 1 saturated carbocycles. The zero-order valence-electron chi connectivity index (χ0n) is 32.9. The first-order valence-electron chi connectivity index (χ1n) is 20.3. The minimum Gasteiger partial charge on any atom is -0.490 e. The number of nitrogens with zero attached hydrogens (tertiary/aromatic N) is 3. The largest absolute Gasteiger partial charge is 0.490 e. The fourth-order valence-electron chi connectivity index (χ4n) is 9.92. The normalized spacial score (nSPS) is 33.9. The first-order chi connectivity index (χ1) is 26.4. The first-order valence-corrected chi connectivity index (χ1v) is 22.4.